The summed E-state index contributed by atoms with van der Waals surface area (Å²) in [4.78, 5) is 17.0. The third-order valence-electron chi connectivity index (χ3n) is 5.58. The Morgan fingerprint density at radius 2 is 1.52 bits per heavy atom. The van der Waals surface area contributed by atoms with Crippen molar-refractivity contribution in [1.82, 2.24) is 9.29 Å². The van der Waals surface area contributed by atoms with Crippen molar-refractivity contribution in [3.8, 4) is 0 Å². The van der Waals surface area contributed by atoms with Crippen molar-refractivity contribution in [1.29, 1.82) is 0 Å². The summed E-state index contributed by atoms with van der Waals surface area (Å²) < 4.78 is 27.0. The summed E-state index contributed by atoms with van der Waals surface area (Å²) in [5, 5.41) is 2.97. The average molecular weight is 436 g/mol. The fourth-order valence-corrected chi connectivity index (χ4v) is 5.28. The summed E-state index contributed by atoms with van der Waals surface area (Å²) in [7, 11) is -3.50. The van der Waals surface area contributed by atoms with Gasteiger partial charge in [0, 0.05) is 37.1 Å². The van der Waals surface area contributed by atoms with Gasteiger partial charge in [-0.3, -0.25) is 9.78 Å². The van der Waals surface area contributed by atoms with Crippen LogP contribution in [0.15, 0.2) is 84.0 Å². The molecule has 0 atom stereocenters. The van der Waals surface area contributed by atoms with E-state index >= 15 is 0 Å². The van der Waals surface area contributed by atoms with Crippen LogP contribution < -0.4 is 5.32 Å². The van der Waals surface area contributed by atoms with Gasteiger partial charge in [-0.05, 0) is 66.8 Å². The van der Waals surface area contributed by atoms with Crippen LogP contribution in [0.1, 0.15) is 24.0 Å². The topological polar surface area (TPSA) is 79.4 Å². The van der Waals surface area contributed by atoms with Crippen molar-refractivity contribution in [2.45, 2.75) is 24.2 Å². The van der Waals surface area contributed by atoms with Crippen molar-refractivity contribution in [3.05, 3.63) is 90.3 Å². The molecule has 1 amide bonds. The van der Waals surface area contributed by atoms with E-state index in [1.165, 1.54) is 9.87 Å². The van der Waals surface area contributed by atoms with Crippen LogP contribution in [0.5, 0.6) is 0 Å². The van der Waals surface area contributed by atoms with Gasteiger partial charge < -0.3 is 5.32 Å². The molecule has 4 rings (SSSR count). The number of carbonyl (C=O) groups excluding carboxylic acids is 1. The first kappa shape index (κ1) is 21.2. The maximum absolute atomic E-state index is 12.7. The number of amides is 1. The SMILES string of the molecule is O=C(Nc1ccc(Cc2ccncc2)cc1)C1CCN(S(=O)(=O)c2ccccc2)CC1. The molecule has 7 heteroatoms. The summed E-state index contributed by atoms with van der Waals surface area (Å²) in [6.07, 6.45) is 5.39. The average Bonchev–Trinajstić information content (AvgIpc) is 2.82. The molecule has 31 heavy (non-hydrogen) atoms. The number of piperidine rings is 1. The minimum atomic E-state index is -3.50. The smallest absolute Gasteiger partial charge is 0.243 e. The summed E-state index contributed by atoms with van der Waals surface area (Å²) >= 11 is 0. The molecule has 1 N–H and O–H groups in total. The highest BCUT2D eigenvalue weighted by molar-refractivity contribution is 7.89. The van der Waals surface area contributed by atoms with Crippen LogP contribution in [-0.2, 0) is 21.2 Å². The lowest BCUT2D eigenvalue weighted by Crippen LogP contribution is -2.41. The maximum atomic E-state index is 12.7. The zero-order valence-corrected chi connectivity index (χ0v) is 18.0. The van der Waals surface area contributed by atoms with Crippen molar-refractivity contribution >= 4 is 21.6 Å². The highest BCUT2D eigenvalue weighted by Gasteiger charge is 2.32. The van der Waals surface area contributed by atoms with Gasteiger partial charge in [-0.15, -0.1) is 0 Å². The number of anilines is 1. The third kappa shape index (κ3) is 5.18. The summed E-state index contributed by atoms with van der Waals surface area (Å²) in [6.45, 7) is 0.695. The highest BCUT2D eigenvalue weighted by atomic mass is 32.2. The van der Waals surface area contributed by atoms with Gasteiger partial charge in [0.1, 0.15) is 0 Å². The van der Waals surface area contributed by atoms with Crippen LogP contribution in [0.25, 0.3) is 0 Å². The number of rotatable bonds is 6. The zero-order valence-electron chi connectivity index (χ0n) is 17.1. The number of hydrogen-bond donors (Lipinski definition) is 1. The van der Waals surface area contributed by atoms with Crippen LogP contribution in [-0.4, -0.2) is 36.7 Å². The molecule has 0 unspecified atom stereocenters. The number of benzene rings is 2. The van der Waals surface area contributed by atoms with Crippen molar-refractivity contribution < 1.29 is 13.2 Å². The van der Waals surface area contributed by atoms with Gasteiger partial charge in [-0.25, -0.2) is 8.42 Å². The van der Waals surface area contributed by atoms with Crippen LogP contribution in [0.3, 0.4) is 0 Å². The normalized spacial score (nSPS) is 15.5. The second kappa shape index (κ2) is 9.41. The maximum Gasteiger partial charge on any atom is 0.243 e. The van der Waals surface area contributed by atoms with Crippen LogP contribution in [0.2, 0.25) is 0 Å². The predicted molar refractivity (Wildman–Crippen MR) is 120 cm³/mol. The van der Waals surface area contributed by atoms with E-state index in [9.17, 15) is 13.2 Å². The third-order valence-corrected chi connectivity index (χ3v) is 7.50. The number of carbonyl (C=O) groups is 1. The van der Waals surface area contributed by atoms with Gasteiger partial charge in [0.05, 0.1) is 4.90 Å². The molecule has 160 valence electrons. The van der Waals surface area contributed by atoms with Gasteiger partial charge in [0.15, 0.2) is 0 Å². The molecule has 0 radical (unpaired) electrons. The molecule has 1 aliphatic heterocycles. The first-order valence-corrected chi connectivity index (χ1v) is 11.8. The Kier molecular flexibility index (Phi) is 6.44. The summed E-state index contributed by atoms with van der Waals surface area (Å²) in [6, 6.07) is 20.2. The first-order valence-electron chi connectivity index (χ1n) is 10.4. The van der Waals surface area contributed by atoms with Gasteiger partial charge >= 0.3 is 0 Å². The van der Waals surface area contributed by atoms with Crippen LogP contribution in [0.4, 0.5) is 5.69 Å². The Labute approximate surface area is 183 Å². The van der Waals surface area contributed by atoms with Gasteiger partial charge in [-0.1, -0.05) is 30.3 Å². The van der Waals surface area contributed by atoms with E-state index in [1.807, 2.05) is 36.4 Å². The molecular formula is C24H25N3O3S. The molecule has 2 aromatic carbocycles. The number of nitrogens with one attached hydrogen (secondary N) is 1. The van der Waals surface area contributed by atoms with Crippen LogP contribution >= 0.6 is 0 Å². The fourth-order valence-electron chi connectivity index (χ4n) is 3.79. The largest absolute Gasteiger partial charge is 0.326 e. The number of sulfonamides is 1. The van der Waals surface area contributed by atoms with E-state index in [0.29, 0.717) is 30.8 Å². The molecule has 3 aromatic rings. The highest BCUT2D eigenvalue weighted by Crippen LogP contribution is 2.25. The molecule has 1 fully saturated rings. The van der Waals surface area contributed by atoms with Crippen molar-refractivity contribution in [3.63, 3.8) is 0 Å². The van der Waals surface area contributed by atoms with Crippen molar-refractivity contribution in [2.24, 2.45) is 5.92 Å². The standard InChI is InChI=1S/C24H25N3O3S/c28-24(26-22-8-6-19(7-9-22)18-20-10-14-25-15-11-20)21-12-16-27(17-13-21)31(29,30)23-4-2-1-3-5-23/h1-11,14-15,21H,12-13,16-18H2,(H,26,28). The molecule has 0 aliphatic carbocycles. The van der Waals surface area contributed by atoms with Crippen molar-refractivity contribution in [2.75, 3.05) is 18.4 Å². The Balaban J connectivity index is 1.31. The molecule has 1 aromatic heterocycles. The summed E-state index contributed by atoms with van der Waals surface area (Å²) in [5.74, 6) is -0.252. The first-order chi connectivity index (χ1) is 15.0. The van der Waals surface area contributed by atoms with E-state index in [0.717, 1.165) is 17.7 Å². The van der Waals surface area contributed by atoms with E-state index in [1.54, 1.807) is 42.7 Å². The molecule has 1 aliphatic rings. The fraction of sp³-hybridized carbons (Fsp3) is 0.250. The van der Waals surface area contributed by atoms with Gasteiger partial charge in [-0.2, -0.15) is 4.31 Å². The number of hydrogen-bond acceptors (Lipinski definition) is 4. The molecule has 2 heterocycles. The second-order valence-corrected chi connectivity index (χ2v) is 9.65. The lowest BCUT2D eigenvalue weighted by atomic mass is 9.97. The monoisotopic (exact) mass is 435 g/mol. The Morgan fingerprint density at radius 3 is 2.16 bits per heavy atom. The quantitative estimate of drug-likeness (QED) is 0.640. The lowest BCUT2D eigenvalue weighted by Gasteiger charge is -2.30. The minimum Gasteiger partial charge on any atom is -0.326 e. The lowest BCUT2D eigenvalue weighted by molar-refractivity contribution is -0.120. The zero-order chi connectivity index (χ0) is 21.7. The Bertz CT molecular complexity index is 1110. The number of pyridine rings is 1. The Hall–Kier alpha value is -3.03. The van der Waals surface area contributed by atoms with E-state index in [2.05, 4.69) is 10.3 Å². The number of nitrogens with zero attached hydrogens (tertiary/aromatic N) is 2. The molecule has 0 saturated carbocycles. The summed E-state index contributed by atoms with van der Waals surface area (Å²) in [5.41, 5.74) is 3.09. The molecule has 0 bridgehead atoms. The Morgan fingerprint density at radius 1 is 0.903 bits per heavy atom. The molecular weight excluding hydrogens is 410 g/mol. The minimum absolute atomic E-state index is 0.0568. The van der Waals surface area contributed by atoms with E-state index < -0.39 is 10.0 Å². The molecule has 1 saturated heterocycles. The van der Waals surface area contributed by atoms with E-state index in [4.69, 9.17) is 0 Å². The second-order valence-electron chi connectivity index (χ2n) is 7.71. The predicted octanol–water partition coefficient (Wildman–Crippen LogP) is 3.71. The molecule has 0 spiro atoms. The van der Waals surface area contributed by atoms with Gasteiger partial charge in [0.25, 0.3) is 0 Å². The van der Waals surface area contributed by atoms with E-state index in [-0.39, 0.29) is 11.8 Å². The van der Waals surface area contributed by atoms with Crippen LogP contribution in [0, 0.1) is 5.92 Å². The molecule has 6 nitrogen and oxygen atoms in total. The number of aromatic nitrogens is 1. The van der Waals surface area contributed by atoms with Gasteiger partial charge in [0.2, 0.25) is 15.9 Å².